The fraction of sp³-hybridized carbons (Fsp3) is 0.238. The van der Waals surface area contributed by atoms with E-state index in [1.165, 1.54) is 31.2 Å². The summed E-state index contributed by atoms with van der Waals surface area (Å²) in [5.41, 5.74) is 4.31. The first-order valence-electron chi connectivity index (χ1n) is 8.65. The summed E-state index contributed by atoms with van der Waals surface area (Å²) < 4.78 is 0. The molecule has 0 atom stereocenters. The van der Waals surface area contributed by atoms with E-state index in [0.717, 1.165) is 22.6 Å². The predicted octanol–water partition coefficient (Wildman–Crippen LogP) is 5.17. The number of hydrogen-bond acceptors (Lipinski definition) is 3. The summed E-state index contributed by atoms with van der Waals surface area (Å²) in [5, 5.41) is 12.6. The lowest BCUT2D eigenvalue weighted by atomic mass is 10.00. The Hall–Kier alpha value is -2.68. The molecular weight excluding hydrogens is 294 g/mol. The maximum Gasteiger partial charge on any atom is 0.149 e. The van der Waals surface area contributed by atoms with Crippen LogP contribution < -0.4 is 5.32 Å². The second-order valence-electron chi connectivity index (χ2n) is 6.35. The second kappa shape index (κ2) is 6.83. The van der Waals surface area contributed by atoms with Crippen LogP contribution in [0, 0.1) is 0 Å². The molecule has 2 aromatic carbocycles. The van der Waals surface area contributed by atoms with Gasteiger partial charge in [-0.1, -0.05) is 73.5 Å². The molecule has 1 N–H and O–H groups in total. The minimum atomic E-state index is 0.533. The number of nitrogens with one attached hydrogen (secondary N) is 1. The van der Waals surface area contributed by atoms with E-state index in [4.69, 9.17) is 0 Å². The Bertz CT molecular complexity index is 794. The minimum absolute atomic E-state index is 0.533. The number of anilines is 1. The van der Waals surface area contributed by atoms with Gasteiger partial charge in [0.1, 0.15) is 11.5 Å². The molecule has 0 aliphatic heterocycles. The van der Waals surface area contributed by atoms with Gasteiger partial charge in [0.25, 0.3) is 0 Å². The zero-order valence-corrected chi connectivity index (χ0v) is 13.7. The molecule has 3 aromatic rings. The molecule has 1 heterocycles. The second-order valence-corrected chi connectivity index (χ2v) is 6.35. The van der Waals surface area contributed by atoms with Gasteiger partial charge >= 0.3 is 0 Å². The van der Waals surface area contributed by atoms with Crippen molar-refractivity contribution < 1.29 is 0 Å². The number of hydrogen-bond donors (Lipinski definition) is 1. The molecular formula is C21H21N3. The summed E-state index contributed by atoms with van der Waals surface area (Å²) >= 11 is 0. The Morgan fingerprint density at radius 2 is 1.38 bits per heavy atom. The van der Waals surface area contributed by atoms with Crippen LogP contribution in [0.4, 0.5) is 5.82 Å². The lowest BCUT2D eigenvalue weighted by molar-refractivity contribution is 0.746. The summed E-state index contributed by atoms with van der Waals surface area (Å²) in [6.07, 6.45) is 5.06. The smallest absolute Gasteiger partial charge is 0.149 e. The van der Waals surface area contributed by atoms with Crippen molar-refractivity contribution in [3.63, 3.8) is 0 Å². The quantitative estimate of drug-likeness (QED) is 0.722. The first kappa shape index (κ1) is 14.9. The van der Waals surface area contributed by atoms with E-state index in [9.17, 15) is 0 Å². The molecule has 3 nitrogen and oxygen atoms in total. The lowest BCUT2D eigenvalue weighted by Crippen LogP contribution is -2.16. The third kappa shape index (κ3) is 3.16. The van der Waals surface area contributed by atoms with Crippen molar-refractivity contribution in [3.05, 3.63) is 66.7 Å². The molecule has 0 radical (unpaired) electrons. The largest absolute Gasteiger partial charge is 0.366 e. The van der Waals surface area contributed by atoms with E-state index in [1.807, 2.05) is 24.3 Å². The minimum Gasteiger partial charge on any atom is -0.366 e. The van der Waals surface area contributed by atoms with Crippen LogP contribution in [0.25, 0.3) is 22.4 Å². The molecule has 24 heavy (non-hydrogen) atoms. The van der Waals surface area contributed by atoms with Gasteiger partial charge in [-0.3, -0.25) is 0 Å². The molecule has 120 valence electrons. The molecule has 1 aliphatic carbocycles. The monoisotopic (exact) mass is 315 g/mol. The Kier molecular flexibility index (Phi) is 4.24. The zero-order chi connectivity index (χ0) is 16.2. The number of rotatable bonds is 4. The highest BCUT2D eigenvalue weighted by Crippen LogP contribution is 2.32. The Balaban J connectivity index is 1.76. The van der Waals surface area contributed by atoms with Gasteiger partial charge in [-0.25, -0.2) is 0 Å². The van der Waals surface area contributed by atoms with Crippen molar-refractivity contribution >= 4 is 5.82 Å². The van der Waals surface area contributed by atoms with Crippen molar-refractivity contribution in [2.75, 3.05) is 5.32 Å². The van der Waals surface area contributed by atoms with Gasteiger partial charge in [0.05, 0.1) is 0 Å². The van der Waals surface area contributed by atoms with E-state index in [1.54, 1.807) is 0 Å². The van der Waals surface area contributed by atoms with Gasteiger partial charge in [0.15, 0.2) is 0 Å². The molecule has 1 aromatic heterocycles. The molecule has 0 bridgehead atoms. The summed E-state index contributed by atoms with van der Waals surface area (Å²) in [7, 11) is 0. The van der Waals surface area contributed by atoms with Crippen LogP contribution in [0.3, 0.4) is 0 Å². The molecule has 0 amide bonds. The summed E-state index contributed by atoms with van der Waals surface area (Å²) in [4.78, 5) is 0. The van der Waals surface area contributed by atoms with Gasteiger partial charge < -0.3 is 5.32 Å². The van der Waals surface area contributed by atoms with Crippen LogP contribution in [-0.4, -0.2) is 16.2 Å². The summed E-state index contributed by atoms with van der Waals surface area (Å²) in [6.45, 7) is 0. The molecule has 1 fully saturated rings. The highest BCUT2D eigenvalue weighted by atomic mass is 15.2. The maximum atomic E-state index is 4.55. The van der Waals surface area contributed by atoms with Gasteiger partial charge in [-0.05, 0) is 24.5 Å². The van der Waals surface area contributed by atoms with Crippen LogP contribution in [0.2, 0.25) is 0 Å². The van der Waals surface area contributed by atoms with Crippen LogP contribution >= 0.6 is 0 Å². The molecule has 3 heteroatoms. The summed E-state index contributed by atoms with van der Waals surface area (Å²) in [5.74, 6) is 0.875. The molecule has 1 aliphatic rings. The van der Waals surface area contributed by atoms with Crippen molar-refractivity contribution in [3.8, 4) is 22.4 Å². The van der Waals surface area contributed by atoms with Crippen molar-refractivity contribution in [2.45, 2.75) is 31.7 Å². The number of benzene rings is 2. The predicted molar refractivity (Wildman–Crippen MR) is 98.8 cm³/mol. The van der Waals surface area contributed by atoms with E-state index >= 15 is 0 Å². The van der Waals surface area contributed by atoms with E-state index in [0.29, 0.717) is 6.04 Å². The zero-order valence-electron chi connectivity index (χ0n) is 13.7. The van der Waals surface area contributed by atoms with Crippen LogP contribution in [-0.2, 0) is 0 Å². The van der Waals surface area contributed by atoms with Crippen molar-refractivity contribution in [1.82, 2.24) is 10.2 Å². The first-order chi connectivity index (χ1) is 11.9. The number of aromatic nitrogens is 2. The highest BCUT2D eigenvalue weighted by molar-refractivity contribution is 5.81. The normalized spacial score (nSPS) is 14.7. The molecule has 1 saturated carbocycles. The SMILES string of the molecule is c1ccc(-c2cc(NC3CCCC3)nnc2-c2ccccc2)cc1. The molecule has 0 spiro atoms. The molecule has 0 unspecified atom stereocenters. The third-order valence-corrected chi connectivity index (χ3v) is 4.63. The van der Waals surface area contributed by atoms with Gasteiger partial charge in [-0.15, -0.1) is 10.2 Å². The molecule has 4 rings (SSSR count). The maximum absolute atomic E-state index is 4.55. The van der Waals surface area contributed by atoms with E-state index in [2.05, 4.69) is 58.0 Å². The van der Waals surface area contributed by atoms with Gasteiger partial charge in [0.2, 0.25) is 0 Å². The molecule has 0 saturated heterocycles. The van der Waals surface area contributed by atoms with Gasteiger partial charge in [0, 0.05) is 17.2 Å². The van der Waals surface area contributed by atoms with Crippen LogP contribution in [0.1, 0.15) is 25.7 Å². The Morgan fingerprint density at radius 1 is 0.750 bits per heavy atom. The first-order valence-corrected chi connectivity index (χ1v) is 8.65. The lowest BCUT2D eigenvalue weighted by Gasteiger charge is -2.15. The topological polar surface area (TPSA) is 37.8 Å². The van der Waals surface area contributed by atoms with Crippen molar-refractivity contribution in [2.24, 2.45) is 0 Å². The number of nitrogens with zero attached hydrogens (tertiary/aromatic N) is 2. The fourth-order valence-electron chi connectivity index (χ4n) is 3.39. The Labute approximate surface area is 142 Å². The standard InChI is InChI=1S/C21H21N3/c1-3-9-16(10-4-1)19-15-20(22-18-13-7-8-14-18)23-24-21(19)17-11-5-2-6-12-17/h1-6,9-12,15,18H,7-8,13-14H2,(H,22,23). The van der Waals surface area contributed by atoms with E-state index in [-0.39, 0.29) is 0 Å². The van der Waals surface area contributed by atoms with Crippen LogP contribution in [0.5, 0.6) is 0 Å². The third-order valence-electron chi connectivity index (χ3n) is 4.63. The average molecular weight is 315 g/mol. The summed E-state index contributed by atoms with van der Waals surface area (Å²) in [6, 6.07) is 23.4. The van der Waals surface area contributed by atoms with Crippen molar-refractivity contribution in [1.29, 1.82) is 0 Å². The fourth-order valence-corrected chi connectivity index (χ4v) is 3.39. The van der Waals surface area contributed by atoms with E-state index < -0.39 is 0 Å². The average Bonchev–Trinajstić information content (AvgIpc) is 3.16. The van der Waals surface area contributed by atoms with Crippen LogP contribution in [0.15, 0.2) is 66.7 Å². The highest BCUT2D eigenvalue weighted by Gasteiger charge is 2.17. The Morgan fingerprint density at radius 3 is 2.04 bits per heavy atom. The van der Waals surface area contributed by atoms with Gasteiger partial charge in [-0.2, -0.15) is 0 Å².